The average Bonchev–Trinajstić information content (AvgIpc) is 3.19. The van der Waals surface area contributed by atoms with Crippen LogP contribution in [0.1, 0.15) is 28.8 Å². The summed E-state index contributed by atoms with van der Waals surface area (Å²) in [7, 11) is 0. The second kappa shape index (κ2) is 6.86. The number of amides is 3. The van der Waals surface area contributed by atoms with E-state index >= 15 is 0 Å². The fourth-order valence-electron chi connectivity index (χ4n) is 4.63. The van der Waals surface area contributed by atoms with E-state index < -0.39 is 17.9 Å². The van der Waals surface area contributed by atoms with Gasteiger partial charge in [0.1, 0.15) is 24.2 Å². The summed E-state index contributed by atoms with van der Waals surface area (Å²) >= 11 is 6.08. The van der Waals surface area contributed by atoms with E-state index in [2.05, 4.69) is 10.3 Å². The van der Waals surface area contributed by atoms with Gasteiger partial charge < -0.3 is 5.32 Å². The molecule has 3 aromatic rings. The molecule has 0 spiro atoms. The molecule has 0 bridgehead atoms. The molecule has 2 unspecified atom stereocenters. The molecule has 0 saturated heterocycles. The number of nitrogens with zero attached hydrogens (tertiary/aromatic N) is 4. The Morgan fingerprint density at radius 2 is 1.94 bits per heavy atom. The van der Waals surface area contributed by atoms with E-state index in [1.807, 2.05) is 18.2 Å². The van der Waals surface area contributed by atoms with Gasteiger partial charge in [-0.1, -0.05) is 23.7 Å². The van der Waals surface area contributed by atoms with Crippen molar-refractivity contribution in [3.05, 3.63) is 88.5 Å². The van der Waals surface area contributed by atoms with E-state index in [1.54, 1.807) is 35.5 Å². The minimum absolute atomic E-state index is 0.153. The van der Waals surface area contributed by atoms with Gasteiger partial charge in [0.25, 0.3) is 0 Å². The first kappa shape index (κ1) is 18.9. The Labute approximate surface area is 187 Å². The number of benzene rings is 2. The lowest BCUT2D eigenvalue weighted by Gasteiger charge is -2.43. The number of aliphatic imine (C=N–C) groups is 1. The van der Waals surface area contributed by atoms with Crippen molar-refractivity contribution in [3.8, 4) is 0 Å². The summed E-state index contributed by atoms with van der Waals surface area (Å²) in [5.41, 5.74) is 2.88. The fourth-order valence-corrected chi connectivity index (χ4v) is 4.76. The van der Waals surface area contributed by atoms with Crippen molar-refractivity contribution in [1.29, 1.82) is 0 Å². The highest BCUT2D eigenvalue weighted by Gasteiger charge is 2.51. The van der Waals surface area contributed by atoms with Gasteiger partial charge in [-0.15, -0.1) is 0 Å². The minimum atomic E-state index is -0.588. The number of pyridine rings is 1. The normalized spacial score (nSPS) is 21.1. The van der Waals surface area contributed by atoms with E-state index in [1.165, 1.54) is 17.0 Å². The molecule has 9 heteroatoms. The lowest BCUT2D eigenvalue weighted by atomic mass is 9.89. The van der Waals surface area contributed by atoms with E-state index in [9.17, 15) is 14.0 Å². The Morgan fingerprint density at radius 3 is 2.69 bits per heavy atom. The largest absolute Gasteiger partial charge is 0.331 e. The zero-order valence-electron chi connectivity index (χ0n) is 16.5. The first-order valence-corrected chi connectivity index (χ1v) is 10.4. The van der Waals surface area contributed by atoms with Gasteiger partial charge in [-0.3, -0.25) is 24.6 Å². The van der Waals surface area contributed by atoms with Crippen LogP contribution in [0.5, 0.6) is 0 Å². The van der Waals surface area contributed by atoms with Crippen molar-refractivity contribution < 1.29 is 14.0 Å². The maximum atomic E-state index is 14.6. The number of aromatic nitrogens is 1. The number of carbonyl (C=O) groups is 2. The van der Waals surface area contributed by atoms with Gasteiger partial charge in [-0.05, 0) is 42.0 Å². The quantitative estimate of drug-likeness (QED) is 0.635. The van der Waals surface area contributed by atoms with Crippen LogP contribution >= 0.6 is 11.6 Å². The van der Waals surface area contributed by atoms with Crippen LogP contribution in [0.3, 0.4) is 0 Å². The monoisotopic (exact) mass is 447 g/mol. The predicted octanol–water partition coefficient (Wildman–Crippen LogP) is 4.31. The lowest BCUT2D eigenvalue weighted by Crippen LogP contribution is -2.54. The molecular weight excluding hydrogens is 433 g/mol. The summed E-state index contributed by atoms with van der Waals surface area (Å²) in [5, 5.41) is 3.27. The van der Waals surface area contributed by atoms with Gasteiger partial charge in [-0.25, -0.2) is 9.18 Å². The van der Waals surface area contributed by atoms with Crippen LogP contribution in [-0.4, -0.2) is 34.2 Å². The van der Waals surface area contributed by atoms with Crippen LogP contribution in [-0.2, 0) is 4.79 Å². The van der Waals surface area contributed by atoms with Crippen molar-refractivity contribution in [2.75, 3.05) is 16.8 Å². The molecule has 158 valence electrons. The standard InChI is InChI=1S/C23H15ClFN5O2/c24-14-5-3-12(4-6-14)19-21-16-8-15(25)9-17-20(16)29(11-18(31)27-17)23(32)30(21)22(28-19)13-2-1-7-26-10-13/h1-10,19,21H,11H2,(H,27,31). The third-order valence-corrected chi connectivity index (χ3v) is 6.16. The number of amidine groups is 1. The number of hydrogen-bond donors (Lipinski definition) is 1. The molecule has 0 aliphatic carbocycles. The van der Waals surface area contributed by atoms with Crippen LogP contribution in [0.25, 0.3) is 0 Å². The molecule has 32 heavy (non-hydrogen) atoms. The smallest absolute Gasteiger partial charge is 0.323 e. The maximum absolute atomic E-state index is 14.6. The van der Waals surface area contributed by atoms with Gasteiger partial charge in [0.2, 0.25) is 5.91 Å². The maximum Gasteiger partial charge on any atom is 0.331 e. The number of hydrogen-bond acceptors (Lipinski definition) is 4. The summed E-state index contributed by atoms with van der Waals surface area (Å²) in [5.74, 6) is -0.454. The molecule has 6 rings (SSSR count). The van der Waals surface area contributed by atoms with Crippen LogP contribution in [0.4, 0.5) is 20.6 Å². The van der Waals surface area contributed by atoms with E-state index in [0.717, 1.165) is 5.56 Å². The number of carbonyl (C=O) groups excluding carboxylic acids is 2. The summed E-state index contributed by atoms with van der Waals surface area (Å²) in [6, 6.07) is 12.0. The van der Waals surface area contributed by atoms with Crippen molar-refractivity contribution in [3.63, 3.8) is 0 Å². The molecule has 1 aromatic heterocycles. The topological polar surface area (TPSA) is 77.9 Å². The summed E-state index contributed by atoms with van der Waals surface area (Å²) in [6.07, 6.45) is 3.26. The highest BCUT2D eigenvalue weighted by atomic mass is 35.5. The summed E-state index contributed by atoms with van der Waals surface area (Å²) in [6.45, 7) is -0.153. The highest BCUT2D eigenvalue weighted by molar-refractivity contribution is 6.30. The average molecular weight is 448 g/mol. The number of halogens is 2. The third-order valence-electron chi connectivity index (χ3n) is 5.90. The van der Waals surface area contributed by atoms with Crippen LogP contribution in [0.2, 0.25) is 5.02 Å². The Bertz CT molecular complexity index is 1310. The second-order valence-corrected chi connectivity index (χ2v) is 8.25. The van der Waals surface area contributed by atoms with Gasteiger partial charge >= 0.3 is 6.03 Å². The number of nitrogens with one attached hydrogen (secondary N) is 1. The molecule has 4 heterocycles. The van der Waals surface area contributed by atoms with Crippen molar-refractivity contribution in [2.24, 2.45) is 4.99 Å². The first-order valence-electron chi connectivity index (χ1n) is 9.99. The summed E-state index contributed by atoms with van der Waals surface area (Å²) in [4.78, 5) is 37.9. The molecule has 3 aliphatic rings. The molecular formula is C23H15ClFN5O2. The second-order valence-electron chi connectivity index (χ2n) is 7.81. The molecule has 1 N–H and O–H groups in total. The molecule has 0 saturated carbocycles. The Hall–Kier alpha value is -3.78. The van der Waals surface area contributed by atoms with E-state index in [0.29, 0.717) is 27.7 Å². The Morgan fingerprint density at radius 1 is 1.12 bits per heavy atom. The van der Waals surface area contributed by atoms with Crippen LogP contribution in [0.15, 0.2) is 65.9 Å². The molecule has 0 radical (unpaired) electrons. The fraction of sp³-hybridized carbons (Fsp3) is 0.130. The van der Waals surface area contributed by atoms with Gasteiger partial charge in [-0.2, -0.15) is 0 Å². The zero-order chi connectivity index (χ0) is 22.0. The number of fused-ring (bicyclic) bond motifs is 2. The van der Waals surface area contributed by atoms with E-state index in [4.69, 9.17) is 16.6 Å². The molecule has 3 amide bonds. The SMILES string of the molecule is O=C1CN2C(=O)N3C(c4cccnc4)=NC(c4ccc(Cl)cc4)C3c3cc(F)cc(c32)N1. The van der Waals surface area contributed by atoms with E-state index in [-0.39, 0.29) is 24.2 Å². The van der Waals surface area contributed by atoms with Gasteiger partial charge in [0.05, 0.1) is 17.4 Å². The molecule has 0 fully saturated rings. The van der Waals surface area contributed by atoms with Crippen LogP contribution in [0, 0.1) is 5.82 Å². The Kier molecular flexibility index (Phi) is 4.06. The summed E-state index contributed by atoms with van der Waals surface area (Å²) < 4.78 is 14.6. The molecule has 7 nitrogen and oxygen atoms in total. The zero-order valence-corrected chi connectivity index (χ0v) is 17.3. The molecule has 2 aromatic carbocycles. The third kappa shape index (κ3) is 2.73. The van der Waals surface area contributed by atoms with Gasteiger partial charge in [0.15, 0.2) is 0 Å². The lowest BCUT2D eigenvalue weighted by molar-refractivity contribution is -0.115. The van der Waals surface area contributed by atoms with Crippen LogP contribution < -0.4 is 10.2 Å². The van der Waals surface area contributed by atoms with Gasteiger partial charge in [0, 0.05) is 28.5 Å². The number of urea groups is 1. The highest BCUT2D eigenvalue weighted by Crippen LogP contribution is 2.52. The molecule has 3 aliphatic heterocycles. The first-order chi connectivity index (χ1) is 15.5. The number of rotatable bonds is 2. The Balaban J connectivity index is 1.60. The van der Waals surface area contributed by atoms with Crippen molar-refractivity contribution in [2.45, 2.75) is 12.1 Å². The van der Waals surface area contributed by atoms with Crippen molar-refractivity contribution in [1.82, 2.24) is 9.88 Å². The van der Waals surface area contributed by atoms with Crippen molar-refractivity contribution >= 4 is 40.7 Å². The predicted molar refractivity (Wildman–Crippen MR) is 117 cm³/mol. The number of anilines is 2. The molecule has 2 atom stereocenters. The minimum Gasteiger partial charge on any atom is -0.323 e.